The summed E-state index contributed by atoms with van der Waals surface area (Å²) in [5.41, 5.74) is 3.73. The highest BCUT2D eigenvalue weighted by molar-refractivity contribution is 6.38. The highest BCUT2D eigenvalue weighted by Crippen LogP contribution is 2.32. The van der Waals surface area contributed by atoms with Crippen molar-refractivity contribution in [3.05, 3.63) is 56.5 Å². The minimum Gasteiger partial charge on any atom is -0.339 e. The van der Waals surface area contributed by atoms with Gasteiger partial charge in [0.2, 0.25) is 0 Å². The minimum atomic E-state index is -0.0567. The van der Waals surface area contributed by atoms with Gasteiger partial charge in [-0.15, -0.1) is 0 Å². The molecular formula is C22H21Cl2N5O. The standard InChI is InChI=1S/C22H21Cl2N5O/c1-13-10-14(12-25)26-21-20(13)27-18(28(21)2)11-16-17(23)7-6-15(19(16)24)22(30)29-8-4-3-5-9-29/h6-7,10H,3-5,8-9,11H2,1-2H3. The number of imidazole rings is 1. The Kier molecular flexibility index (Phi) is 5.68. The predicted octanol–water partition coefficient (Wildman–Crippen LogP) is 4.67. The predicted molar refractivity (Wildman–Crippen MR) is 117 cm³/mol. The van der Waals surface area contributed by atoms with Crippen LogP contribution >= 0.6 is 23.2 Å². The Morgan fingerprint density at radius 3 is 2.63 bits per heavy atom. The van der Waals surface area contributed by atoms with E-state index >= 15 is 0 Å². The van der Waals surface area contributed by atoms with Crippen LogP contribution < -0.4 is 0 Å². The molecule has 0 atom stereocenters. The van der Waals surface area contributed by atoms with Crippen molar-refractivity contribution in [3.63, 3.8) is 0 Å². The van der Waals surface area contributed by atoms with E-state index in [4.69, 9.17) is 28.2 Å². The number of piperidine rings is 1. The lowest BCUT2D eigenvalue weighted by atomic mass is 10.0. The molecule has 8 heteroatoms. The number of hydrogen-bond acceptors (Lipinski definition) is 4. The topological polar surface area (TPSA) is 74.8 Å². The first-order valence-corrected chi connectivity index (χ1v) is 10.7. The largest absolute Gasteiger partial charge is 0.339 e. The molecule has 1 saturated heterocycles. The Morgan fingerprint density at radius 2 is 1.93 bits per heavy atom. The molecule has 0 radical (unpaired) electrons. The lowest BCUT2D eigenvalue weighted by molar-refractivity contribution is 0.0724. The van der Waals surface area contributed by atoms with Crippen LogP contribution in [-0.2, 0) is 13.5 Å². The van der Waals surface area contributed by atoms with Gasteiger partial charge < -0.3 is 9.47 Å². The Labute approximate surface area is 185 Å². The van der Waals surface area contributed by atoms with Gasteiger partial charge in [0.15, 0.2) is 5.65 Å². The number of carbonyl (C=O) groups excluding carboxylic acids is 1. The summed E-state index contributed by atoms with van der Waals surface area (Å²) in [6, 6.07) is 7.22. The van der Waals surface area contributed by atoms with Crippen LogP contribution in [0.5, 0.6) is 0 Å². The maximum Gasteiger partial charge on any atom is 0.255 e. The second-order valence-corrected chi connectivity index (χ2v) is 8.40. The Morgan fingerprint density at radius 1 is 1.20 bits per heavy atom. The smallest absolute Gasteiger partial charge is 0.255 e. The molecule has 4 rings (SSSR count). The van der Waals surface area contributed by atoms with E-state index in [1.165, 1.54) is 0 Å². The van der Waals surface area contributed by atoms with Crippen LogP contribution in [-0.4, -0.2) is 38.4 Å². The third kappa shape index (κ3) is 3.64. The fourth-order valence-corrected chi connectivity index (χ4v) is 4.50. The first-order valence-electron chi connectivity index (χ1n) is 9.90. The van der Waals surface area contributed by atoms with Crippen LogP contribution in [0.15, 0.2) is 18.2 Å². The lowest BCUT2D eigenvalue weighted by Crippen LogP contribution is -2.35. The summed E-state index contributed by atoms with van der Waals surface area (Å²) < 4.78 is 1.84. The molecule has 154 valence electrons. The monoisotopic (exact) mass is 441 g/mol. The van der Waals surface area contributed by atoms with Gasteiger partial charge >= 0.3 is 0 Å². The summed E-state index contributed by atoms with van der Waals surface area (Å²) in [6.07, 6.45) is 3.53. The van der Waals surface area contributed by atoms with Gasteiger partial charge in [0.1, 0.15) is 23.1 Å². The molecule has 3 aromatic rings. The van der Waals surface area contributed by atoms with E-state index in [-0.39, 0.29) is 5.91 Å². The maximum absolute atomic E-state index is 13.0. The van der Waals surface area contributed by atoms with Crippen LogP contribution in [0.3, 0.4) is 0 Å². The van der Waals surface area contributed by atoms with E-state index in [2.05, 4.69) is 11.1 Å². The van der Waals surface area contributed by atoms with Crippen LogP contribution in [0.1, 0.15) is 52.3 Å². The van der Waals surface area contributed by atoms with Gasteiger partial charge in [-0.1, -0.05) is 23.2 Å². The number of carbonyl (C=O) groups is 1. The fourth-order valence-electron chi connectivity index (χ4n) is 3.91. The Bertz CT molecular complexity index is 1190. The van der Waals surface area contributed by atoms with Crippen LogP contribution in [0.2, 0.25) is 10.0 Å². The van der Waals surface area contributed by atoms with Crippen molar-refractivity contribution in [1.29, 1.82) is 5.26 Å². The van der Waals surface area contributed by atoms with Crippen molar-refractivity contribution in [2.24, 2.45) is 7.05 Å². The van der Waals surface area contributed by atoms with E-state index < -0.39 is 0 Å². The number of hydrogen-bond donors (Lipinski definition) is 0. The molecule has 0 spiro atoms. The van der Waals surface area contributed by atoms with Crippen LogP contribution in [0, 0.1) is 18.3 Å². The van der Waals surface area contributed by atoms with Crippen molar-refractivity contribution in [1.82, 2.24) is 19.4 Å². The van der Waals surface area contributed by atoms with Crippen molar-refractivity contribution >= 4 is 40.3 Å². The number of aromatic nitrogens is 3. The first-order chi connectivity index (χ1) is 14.4. The summed E-state index contributed by atoms with van der Waals surface area (Å²) >= 11 is 13.1. The zero-order valence-corrected chi connectivity index (χ0v) is 18.4. The molecule has 0 unspecified atom stereocenters. The summed E-state index contributed by atoms with van der Waals surface area (Å²) in [6.45, 7) is 3.41. The van der Waals surface area contributed by atoms with Crippen molar-refractivity contribution in [3.8, 4) is 6.07 Å². The zero-order chi connectivity index (χ0) is 21.4. The number of benzene rings is 1. The molecule has 0 N–H and O–H groups in total. The highest BCUT2D eigenvalue weighted by Gasteiger charge is 2.24. The van der Waals surface area contributed by atoms with E-state index in [1.54, 1.807) is 18.2 Å². The number of nitriles is 1. The Balaban J connectivity index is 1.73. The van der Waals surface area contributed by atoms with Crippen molar-refractivity contribution in [2.45, 2.75) is 32.6 Å². The van der Waals surface area contributed by atoms with Gasteiger partial charge in [0.05, 0.1) is 10.6 Å². The maximum atomic E-state index is 13.0. The number of aryl methyl sites for hydroxylation is 2. The molecule has 6 nitrogen and oxygen atoms in total. The normalized spacial score (nSPS) is 14.2. The van der Waals surface area contributed by atoms with Gasteiger partial charge in [-0.3, -0.25) is 4.79 Å². The van der Waals surface area contributed by atoms with Gasteiger partial charge in [0, 0.05) is 31.6 Å². The third-order valence-corrected chi connectivity index (χ3v) is 6.41. The van der Waals surface area contributed by atoms with E-state index in [1.807, 2.05) is 23.4 Å². The summed E-state index contributed by atoms with van der Waals surface area (Å²) in [7, 11) is 1.85. The molecule has 1 aliphatic rings. The van der Waals surface area contributed by atoms with Crippen LogP contribution in [0.25, 0.3) is 11.2 Å². The fraction of sp³-hybridized carbons (Fsp3) is 0.364. The highest BCUT2D eigenvalue weighted by atomic mass is 35.5. The van der Waals surface area contributed by atoms with Gasteiger partial charge in [0.25, 0.3) is 5.91 Å². The Hall–Kier alpha value is -2.62. The second-order valence-electron chi connectivity index (χ2n) is 7.61. The average Bonchev–Trinajstić information content (AvgIpc) is 3.07. The van der Waals surface area contributed by atoms with Gasteiger partial charge in [-0.25, -0.2) is 9.97 Å². The van der Waals surface area contributed by atoms with Gasteiger partial charge in [-0.05, 0) is 55.5 Å². The molecular weight excluding hydrogens is 421 g/mol. The van der Waals surface area contributed by atoms with E-state index in [9.17, 15) is 10.1 Å². The third-order valence-electron chi connectivity index (χ3n) is 5.62. The molecule has 1 amide bonds. The summed E-state index contributed by atoms with van der Waals surface area (Å²) in [4.78, 5) is 23.9. The number of nitrogens with zero attached hydrogens (tertiary/aromatic N) is 5. The number of likely N-dealkylation sites (tertiary alicyclic amines) is 1. The van der Waals surface area contributed by atoms with Crippen LogP contribution in [0.4, 0.5) is 0 Å². The van der Waals surface area contributed by atoms with E-state index in [0.29, 0.717) is 44.8 Å². The number of rotatable bonds is 3. The molecule has 0 saturated carbocycles. The minimum absolute atomic E-state index is 0.0567. The quantitative estimate of drug-likeness (QED) is 0.591. The molecule has 2 aromatic heterocycles. The summed E-state index contributed by atoms with van der Waals surface area (Å²) in [5, 5.41) is 10.1. The molecule has 1 aromatic carbocycles. The first kappa shape index (κ1) is 20.6. The molecule has 1 aliphatic heterocycles. The molecule has 30 heavy (non-hydrogen) atoms. The van der Waals surface area contributed by atoms with Crippen molar-refractivity contribution < 1.29 is 4.79 Å². The van der Waals surface area contributed by atoms with Crippen molar-refractivity contribution in [2.75, 3.05) is 13.1 Å². The number of halogens is 2. The second kappa shape index (κ2) is 8.25. The molecule has 1 fully saturated rings. The SMILES string of the molecule is Cc1cc(C#N)nc2c1nc(Cc1c(Cl)ccc(C(=O)N3CCCCC3)c1Cl)n2C. The molecule has 0 bridgehead atoms. The summed E-state index contributed by atoms with van der Waals surface area (Å²) in [5.74, 6) is 0.654. The zero-order valence-electron chi connectivity index (χ0n) is 16.9. The average molecular weight is 442 g/mol. The number of fused-ring (bicyclic) bond motifs is 1. The number of amides is 1. The van der Waals surface area contributed by atoms with Gasteiger partial charge in [-0.2, -0.15) is 5.26 Å². The number of pyridine rings is 1. The lowest BCUT2D eigenvalue weighted by Gasteiger charge is -2.27. The molecule has 3 heterocycles. The molecule has 0 aliphatic carbocycles. The van der Waals surface area contributed by atoms with E-state index in [0.717, 1.165) is 43.4 Å².